The molecule has 0 aliphatic heterocycles. The lowest BCUT2D eigenvalue weighted by atomic mass is 9.74. The number of hydrogen-bond donors (Lipinski definition) is 2. The van der Waals surface area contributed by atoms with Crippen molar-refractivity contribution in [3.05, 3.63) is 12.2 Å². The number of rotatable bonds is 5. The Morgan fingerprint density at radius 1 is 1.36 bits per heavy atom. The van der Waals surface area contributed by atoms with Crippen molar-refractivity contribution >= 4 is 11.9 Å². The zero-order valence-corrected chi connectivity index (χ0v) is 8.65. The third-order valence-electron chi connectivity index (χ3n) is 2.58. The van der Waals surface area contributed by atoms with E-state index in [0.29, 0.717) is 0 Å². The third-order valence-corrected chi connectivity index (χ3v) is 2.58. The quantitative estimate of drug-likeness (QED) is 0.524. The van der Waals surface area contributed by atoms with Gasteiger partial charge < -0.3 is 10.2 Å². The molecule has 0 aromatic rings. The van der Waals surface area contributed by atoms with Gasteiger partial charge in [0.05, 0.1) is 0 Å². The summed E-state index contributed by atoms with van der Waals surface area (Å²) < 4.78 is 0. The summed E-state index contributed by atoms with van der Waals surface area (Å²) >= 11 is 0. The lowest BCUT2D eigenvalue weighted by Crippen LogP contribution is -2.43. The van der Waals surface area contributed by atoms with Gasteiger partial charge in [-0.25, -0.2) is 0 Å². The van der Waals surface area contributed by atoms with Crippen molar-refractivity contribution in [3.8, 4) is 0 Å². The van der Waals surface area contributed by atoms with Gasteiger partial charge in [0.25, 0.3) is 0 Å². The summed E-state index contributed by atoms with van der Waals surface area (Å²) in [6.45, 7) is 4.91. The second-order valence-corrected chi connectivity index (χ2v) is 3.25. The molecule has 4 heteroatoms. The Morgan fingerprint density at radius 3 is 2.00 bits per heavy atom. The van der Waals surface area contributed by atoms with Crippen LogP contribution in [0.3, 0.4) is 0 Å². The van der Waals surface area contributed by atoms with Gasteiger partial charge in [0.2, 0.25) is 0 Å². The molecule has 0 aromatic heterocycles. The van der Waals surface area contributed by atoms with Gasteiger partial charge in [-0.3, -0.25) is 9.59 Å². The molecule has 14 heavy (non-hydrogen) atoms. The number of allylic oxidation sites excluding steroid dienone is 2. The molecule has 0 saturated heterocycles. The molecule has 0 spiro atoms. The highest BCUT2D eigenvalue weighted by Crippen LogP contribution is 2.33. The molecule has 0 saturated carbocycles. The van der Waals surface area contributed by atoms with Gasteiger partial charge in [0.15, 0.2) is 5.41 Å². The van der Waals surface area contributed by atoms with Crippen molar-refractivity contribution in [2.75, 3.05) is 0 Å². The van der Waals surface area contributed by atoms with Crippen molar-refractivity contribution in [3.63, 3.8) is 0 Å². The highest BCUT2D eigenvalue weighted by molar-refractivity contribution is 5.98. The maximum Gasteiger partial charge on any atom is 0.321 e. The standard InChI is InChI=1S/C10H16O4/c1-4-6-7(3)10(5-2,8(11)12)9(13)14/h4,6-7H,5H2,1-3H3,(H,11,12)(H,13,14). The van der Waals surface area contributed by atoms with Gasteiger partial charge >= 0.3 is 11.9 Å². The Balaban J connectivity index is 5.24. The molecule has 0 fully saturated rings. The average molecular weight is 200 g/mol. The van der Waals surface area contributed by atoms with Crippen LogP contribution in [-0.2, 0) is 9.59 Å². The van der Waals surface area contributed by atoms with E-state index in [1.807, 2.05) is 0 Å². The Morgan fingerprint density at radius 2 is 1.79 bits per heavy atom. The van der Waals surface area contributed by atoms with E-state index < -0.39 is 23.3 Å². The van der Waals surface area contributed by atoms with Crippen molar-refractivity contribution in [1.29, 1.82) is 0 Å². The fourth-order valence-electron chi connectivity index (χ4n) is 1.56. The third kappa shape index (κ3) is 1.95. The number of carbonyl (C=O) groups is 2. The molecule has 2 N–H and O–H groups in total. The van der Waals surface area contributed by atoms with E-state index in [9.17, 15) is 9.59 Å². The molecule has 0 bridgehead atoms. The van der Waals surface area contributed by atoms with Crippen LogP contribution < -0.4 is 0 Å². The lowest BCUT2D eigenvalue weighted by molar-refractivity contribution is -0.167. The summed E-state index contributed by atoms with van der Waals surface area (Å²) in [5.74, 6) is -3.08. The summed E-state index contributed by atoms with van der Waals surface area (Å²) in [4.78, 5) is 22.0. The molecule has 1 unspecified atom stereocenters. The Bertz CT molecular complexity index is 241. The molecular weight excluding hydrogens is 184 g/mol. The van der Waals surface area contributed by atoms with Crippen molar-refractivity contribution < 1.29 is 19.8 Å². The van der Waals surface area contributed by atoms with Crippen molar-refractivity contribution in [1.82, 2.24) is 0 Å². The number of aliphatic carboxylic acids is 2. The van der Waals surface area contributed by atoms with Crippen molar-refractivity contribution in [2.24, 2.45) is 11.3 Å². The smallest absolute Gasteiger partial charge is 0.321 e. The SMILES string of the molecule is CC=CC(C)C(CC)(C(=O)O)C(=O)O. The normalized spacial score (nSPS) is 14.2. The highest BCUT2D eigenvalue weighted by Gasteiger charge is 2.48. The largest absolute Gasteiger partial charge is 0.480 e. The van der Waals surface area contributed by atoms with Crippen LogP contribution in [0.2, 0.25) is 0 Å². The monoisotopic (exact) mass is 200 g/mol. The summed E-state index contributed by atoms with van der Waals surface area (Å²) in [7, 11) is 0. The lowest BCUT2D eigenvalue weighted by Gasteiger charge is -2.27. The van der Waals surface area contributed by atoms with E-state index >= 15 is 0 Å². The highest BCUT2D eigenvalue weighted by atomic mass is 16.4. The van der Waals surface area contributed by atoms with E-state index in [4.69, 9.17) is 10.2 Å². The molecule has 0 aliphatic rings. The van der Waals surface area contributed by atoms with Crippen LogP contribution >= 0.6 is 0 Å². The molecule has 0 aliphatic carbocycles. The number of carboxylic acid groups (broad SMARTS) is 2. The Labute approximate surface area is 83.2 Å². The minimum Gasteiger partial charge on any atom is -0.480 e. The van der Waals surface area contributed by atoms with Crippen LogP contribution in [0, 0.1) is 11.3 Å². The van der Waals surface area contributed by atoms with Gasteiger partial charge in [-0.05, 0) is 13.3 Å². The van der Waals surface area contributed by atoms with Crippen LogP contribution in [0.1, 0.15) is 27.2 Å². The maximum absolute atomic E-state index is 11.0. The van der Waals surface area contributed by atoms with E-state index in [2.05, 4.69) is 0 Å². The summed E-state index contributed by atoms with van der Waals surface area (Å²) in [5.41, 5.74) is -1.70. The van der Waals surface area contributed by atoms with E-state index in [-0.39, 0.29) is 6.42 Å². The van der Waals surface area contributed by atoms with Gasteiger partial charge in [-0.2, -0.15) is 0 Å². The predicted octanol–water partition coefficient (Wildman–Crippen LogP) is 1.76. The molecule has 4 nitrogen and oxygen atoms in total. The topological polar surface area (TPSA) is 74.6 Å². The number of carboxylic acids is 2. The summed E-state index contributed by atoms with van der Waals surface area (Å²) in [6, 6.07) is 0. The predicted molar refractivity (Wildman–Crippen MR) is 52.0 cm³/mol. The first kappa shape index (κ1) is 12.7. The van der Waals surface area contributed by atoms with Crippen LogP contribution in [0.15, 0.2) is 12.2 Å². The molecule has 0 aromatic carbocycles. The Kier molecular flexibility index (Phi) is 4.34. The van der Waals surface area contributed by atoms with Crippen molar-refractivity contribution in [2.45, 2.75) is 27.2 Å². The minimum atomic E-state index is -1.70. The van der Waals surface area contributed by atoms with Crippen LogP contribution in [0.25, 0.3) is 0 Å². The molecular formula is C10H16O4. The first-order chi connectivity index (χ1) is 6.43. The van der Waals surface area contributed by atoms with Gasteiger partial charge in [0.1, 0.15) is 0 Å². The van der Waals surface area contributed by atoms with Crippen LogP contribution in [-0.4, -0.2) is 22.2 Å². The molecule has 0 heterocycles. The first-order valence-electron chi connectivity index (χ1n) is 4.53. The summed E-state index contributed by atoms with van der Waals surface area (Å²) in [6.07, 6.45) is 3.34. The average Bonchev–Trinajstić information content (AvgIpc) is 2.05. The fraction of sp³-hybridized carbons (Fsp3) is 0.600. The molecule has 0 rings (SSSR count). The van der Waals surface area contributed by atoms with E-state index in [1.54, 1.807) is 32.9 Å². The molecule has 80 valence electrons. The van der Waals surface area contributed by atoms with Gasteiger partial charge in [-0.1, -0.05) is 26.0 Å². The first-order valence-corrected chi connectivity index (χ1v) is 4.53. The number of hydrogen-bond acceptors (Lipinski definition) is 2. The zero-order valence-electron chi connectivity index (χ0n) is 8.65. The molecule has 1 atom stereocenters. The van der Waals surface area contributed by atoms with Crippen LogP contribution in [0.4, 0.5) is 0 Å². The van der Waals surface area contributed by atoms with Crippen LogP contribution in [0.5, 0.6) is 0 Å². The van der Waals surface area contributed by atoms with Gasteiger partial charge in [-0.15, -0.1) is 0 Å². The molecule has 0 radical (unpaired) electrons. The van der Waals surface area contributed by atoms with E-state index in [1.165, 1.54) is 0 Å². The fourth-order valence-corrected chi connectivity index (χ4v) is 1.56. The van der Waals surface area contributed by atoms with Gasteiger partial charge in [0, 0.05) is 5.92 Å². The zero-order chi connectivity index (χ0) is 11.4. The maximum atomic E-state index is 11.0. The second-order valence-electron chi connectivity index (χ2n) is 3.25. The minimum absolute atomic E-state index is 0.0726. The second kappa shape index (κ2) is 4.79. The summed E-state index contributed by atoms with van der Waals surface area (Å²) in [5, 5.41) is 18.0. The van der Waals surface area contributed by atoms with E-state index in [0.717, 1.165) is 0 Å². The Hall–Kier alpha value is -1.32. The molecule has 0 amide bonds.